The van der Waals surface area contributed by atoms with Gasteiger partial charge >= 0.3 is 5.69 Å². The minimum Gasteiger partial charge on any atom is -0.494 e. The van der Waals surface area contributed by atoms with Crippen molar-refractivity contribution in [2.24, 2.45) is 0 Å². The van der Waals surface area contributed by atoms with Crippen LogP contribution in [0.3, 0.4) is 0 Å². The molecular weight excluding hydrogens is 258 g/mol. The largest absolute Gasteiger partial charge is 0.494 e. The Bertz CT molecular complexity index is 606. The number of para-hydroxylation sites is 1. The second-order valence-corrected chi connectivity index (χ2v) is 4.30. The van der Waals surface area contributed by atoms with Crippen molar-refractivity contribution in [3.63, 3.8) is 0 Å². The summed E-state index contributed by atoms with van der Waals surface area (Å²) in [6, 6.07) is 11.0. The van der Waals surface area contributed by atoms with Crippen LogP contribution in [-0.2, 0) is 0 Å². The summed E-state index contributed by atoms with van der Waals surface area (Å²) in [6.07, 6.45) is 1.76. The molecule has 0 atom stereocenters. The smallest absolute Gasteiger partial charge is 0.327 e. The van der Waals surface area contributed by atoms with E-state index in [4.69, 9.17) is 4.74 Å². The van der Waals surface area contributed by atoms with E-state index in [-0.39, 0.29) is 0 Å². The Morgan fingerprint density at radius 1 is 1.05 bits per heavy atom. The van der Waals surface area contributed by atoms with Gasteiger partial charge < -0.3 is 10.1 Å². The summed E-state index contributed by atoms with van der Waals surface area (Å²) in [6.45, 7) is 1.30. The van der Waals surface area contributed by atoms with Gasteiger partial charge in [-0.25, -0.2) is 4.79 Å². The molecule has 0 spiro atoms. The van der Waals surface area contributed by atoms with Gasteiger partial charge in [0.15, 0.2) is 0 Å². The Morgan fingerprint density at radius 3 is 2.60 bits per heavy atom. The molecule has 0 aliphatic rings. The molecule has 1 aromatic heterocycles. The first-order chi connectivity index (χ1) is 9.74. The second-order valence-electron chi connectivity index (χ2n) is 4.30. The first-order valence-electron chi connectivity index (χ1n) is 6.49. The normalized spacial score (nSPS) is 10.2. The van der Waals surface area contributed by atoms with Gasteiger partial charge in [0.1, 0.15) is 11.6 Å². The lowest BCUT2D eigenvalue weighted by atomic mass is 10.3. The zero-order chi connectivity index (χ0) is 14.2. The zero-order valence-corrected chi connectivity index (χ0v) is 11.0. The summed E-state index contributed by atoms with van der Waals surface area (Å²) in [5.74, 6) is 1.29. The van der Waals surface area contributed by atoms with Crippen LogP contribution in [0.5, 0.6) is 5.75 Å². The summed E-state index contributed by atoms with van der Waals surface area (Å²) < 4.78 is 5.56. The SMILES string of the molecule is O=c1cc(NCCCCOc2ccccc2)[nH]c(=O)[nH]1. The maximum atomic E-state index is 11.1. The van der Waals surface area contributed by atoms with Gasteiger partial charge in [-0.2, -0.15) is 0 Å². The summed E-state index contributed by atoms with van der Waals surface area (Å²) in [5.41, 5.74) is -0.920. The number of aromatic nitrogens is 2. The number of hydrogen-bond donors (Lipinski definition) is 3. The number of anilines is 1. The van der Waals surface area contributed by atoms with Gasteiger partial charge in [-0.15, -0.1) is 0 Å². The van der Waals surface area contributed by atoms with Crippen molar-refractivity contribution in [2.45, 2.75) is 12.8 Å². The molecule has 0 aliphatic heterocycles. The molecule has 1 aromatic carbocycles. The number of unbranched alkanes of at least 4 members (excludes halogenated alkanes) is 1. The molecule has 106 valence electrons. The molecule has 0 saturated carbocycles. The molecule has 1 heterocycles. The highest BCUT2D eigenvalue weighted by Gasteiger charge is 1.96. The highest BCUT2D eigenvalue weighted by atomic mass is 16.5. The molecule has 0 aliphatic carbocycles. The first kappa shape index (κ1) is 13.9. The van der Waals surface area contributed by atoms with Crippen molar-refractivity contribution in [3.05, 3.63) is 57.2 Å². The standard InChI is InChI=1S/C14H17N3O3/c18-13-10-12(16-14(19)17-13)15-8-4-5-9-20-11-6-2-1-3-7-11/h1-3,6-7,10H,4-5,8-9H2,(H3,15,16,17,18,19). The highest BCUT2D eigenvalue weighted by Crippen LogP contribution is 2.08. The fourth-order valence-corrected chi connectivity index (χ4v) is 1.72. The van der Waals surface area contributed by atoms with Crippen molar-refractivity contribution in [3.8, 4) is 5.75 Å². The van der Waals surface area contributed by atoms with E-state index < -0.39 is 11.2 Å². The van der Waals surface area contributed by atoms with E-state index in [2.05, 4.69) is 15.3 Å². The third kappa shape index (κ3) is 4.64. The third-order valence-electron chi connectivity index (χ3n) is 2.66. The summed E-state index contributed by atoms with van der Waals surface area (Å²) in [7, 11) is 0. The minimum atomic E-state index is -0.507. The van der Waals surface area contributed by atoms with Crippen molar-refractivity contribution >= 4 is 5.82 Å². The van der Waals surface area contributed by atoms with Crippen molar-refractivity contribution in [2.75, 3.05) is 18.5 Å². The van der Waals surface area contributed by atoms with Crippen LogP contribution in [0.4, 0.5) is 5.82 Å². The van der Waals surface area contributed by atoms with E-state index in [0.29, 0.717) is 19.0 Å². The van der Waals surface area contributed by atoms with Crippen LogP contribution in [0, 0.1) is 0 Å². The van der Waals surface area contributed by atoms with Crippen molar-refractivity contribution < 1.29 is 4.74 Å². The van der Waals surface area contributed by atoms with Gasteiger partial charge in [0.05, 0.1) is 6.61 Å². The molecule has 0 saturated heterocycles. The second kappa shape index (κ2) is 7.18. The summed E-state index contributed by atoms with van der Waals surface area (Å²) in [4.78, 5) is 26.7. The third-order valence-corrected chi connectivity index (χ3v) is 2.66. The van der Waals surface area contributed by atoms with Gasteiger partial charge in [0.2, 0.25) is 0 Å². The Kier molecular flexibility index (Phi) is 5.00. The Morgan fingerprint density at radius 2 is 1.85 bits per heavy atom. The number of H-pyrrole nitrogens is 2. The average Bonchev–Trinajstić information content (AvgIpc) is 2.43. The average molecular weight is 275 g/mol. The van der Waals surface area contributed by atoms with Gasteiger partial charge in [-0.1, -0.05) is 18.2 Å². The molecule has 6 nitrogen and oxygen atoms in total. The first-order valence-corrected chi connectivity index (χ1v) is 6.49. The molecular formula is C14H17N3O3. The van der Waals surface area contributed by atoms with Crippen LogP contribution in [0.25, 0.3) is 0 Å². The quantitative estimate of drug-likeness (QED) is 0.665. The highest BCUT2D eigenvalue weighted by molar-refractivity contribution is 5.31. The van der Waals surface area contributed by atoms with Gasteiger partial charge in [0, 0.05) is 12.6 Å². The molecule has 6 heteroatoms. The van der Waals surface area contributed by atoms with Gasteiger partial charge in [0.25, 0.3) is 5.56 Å². The van der Waals surface area contributed by atoms with Crippen LogP contribution in [0.1, 0.15) is 12.8 Å². The molecule has 3 N–H and O–H groups in total. The van der Waals surface area contributed by atoms with Crippen LogP contribution in [0.15, 0.2) is 46.0 Å². The Labute approximate surface area is 115 Å². The lowest BCUT2D eigenvalue weighted by Crippen LogP contribution is -2.23. The fourth-order valence-electron chi connectivity index (χ4n) is 1.72. The van der Waals surface area contributed by atoms with E-state index in [1.54, 1.807) is 0 Å². The maximum Gasteiger partial charge on any atom is 0.327 e. The molecule has 0 radical (unpaired) electrons. The number of ether oxygens (including phenoxy) is 1. The number of nitrogens with one attached hydrogen (secondary N) is 3. The molecule has 20 heavy (non-hydrogen) atoms. The number of rotatable bonds is 7. The molecule has 0 bridgehead atoms. The molecule has 2 aromatic rings. The van der Waals surface area contributed by atoms with Crippen LogP contribution < -0.4 is 21.3 Å². The van der Waals surface area contributed by atoms with Crippen molar-refractivity contribution in [1.82, 2.24) is 9.97 Å². The predicted octanol–water partition coefficient (Wildman–Crippen LogP) is 1.33. The summed E-state index contributed by atoms with van der Waals surface area (Å²) >= 11 is 0. The predicted molar refractivity (Wildman–Crippen MR) is 77.3 cm³/mol. The van der Waals surface area contributed by atoms with E-state index in [0.717, 1.165) is 18.6 Å². The van der Waals surface area contributed by atoms with Gasteiger partial charge in [-0.05, 0) is 25.0 Å². The molecule has 0 fully saturated rings. The number of benzene rings is 1. The maximum absolute atomic E-state index is 11.1. The Hall–Kier alpha value is -2.50. The molecule has 0 amide bonds. The van der Waals surface area contributed by atoms with Crippen LogP contribution >= 0.6 is 0 Å². The summed E-state index contributed by atoms with van der Waals surface area (Å²) in [5, 5.41) is 2.99. The van der Waals surface area contributed by atoms with E-state index in [1.165, 1.54) is 6.07 Å². The fraction of sp³-hybridized carbons (Fsp3) is 0.286. The topological polar surface area (TPSA) is 87.0 Å². The molecule has 0 unspecified atom stereocenters. The number of aromatic amines is 2. The lowest BCUT2D eigenvalue weighted by molar-refractivity contribution is 0.308. The van der Waals surface area contributed by atoms with Gasteiger partial charge in [-0.3, -0.25) is 14.8 Å². The van der Waals surface area contributed by atoms with Crippen LogP contribution in [-0.4, -0.2) is 23.1 Å². The van der Waals surface area contributed by atoms with E-state index in [1.807, 2.05) is 30.3 Å². The molecule has 2 rings (SSSR count). The van der Waals surface area contributed by atoms with E-state index >= 15 is 0 Å². The zero-order valence-electron chi connectivity index (χ0n) is 11.0. The Balaban J connectivity index is 1.64. The monoisotopic (exact) mass is 275 g/mol. The van der Waals surface area contributed by atoms with E-state index in [9.17, 15) is 9.59 Å². The van der Waals surface area contributed by atoms with Crippen molar-refractivity contribution in [1.29, 1.82) is 0 Å². The lowest BCUT2D eigenvalue weighted by Gasteiger charge is -2.07. The minimum absolute atomic E-state index is 0.413. The number of hydrogen-bond acceptors (Lipinski definition) is 4. The van der Waals surface area contributed by atoms with Crippen LogP contribution in [0.2, 0.25) is 0 Å².